The second-order valence-electron chi connectivity index (χ2n) is 7.32. The summed E-state index contributed by atoms with van der Waals surface area (Å²) in [7, 11) is 0. The molecule has 0 bridgehead atoms. The minimum absolute atomic E-state index is 0.0242. The largest absolute Gasteiger partial charge is 0.507 e. The number of nitrogens with zero attached hydrogens (tertiary/aromatic N) is 1. The summed E-state index contributed by atoms with van der Waals surface area (Å²) in [5.41, 5.74) is 2.15. The molecule has 6 nitrogen and oxygen atoms in total. The van der Waals surface area contributed by atoms with Gasteiger partial charge in [0.05, 0.1) is 18.0 Å². The highest BCUT2D eigenvalue weighted by molar-refractivity contribution is 6.46. The molecule has 0 radical (unpaired) electrons. The van der Waals surface area contributed by atoms with Crippen LogP contribution in [0.25, 0.3) is 5.76 Å². The second kappa shape index (κ2) is 8.31. The molecule has 0 spiro atoms. The molecule has 1 unspecified atom stereocenters. The van der Waals surface area contributed by atoms with E-state index in [0.717, 1.165) is 5.56 Å². The molecule has 0 saturated carbocycles. The molecule has 1 aliphatic heterocycles. The molecular formula is C23H23NO5. The lowest BCUT2D eigenvalue weighted by molar-refractivity contribution is -0.142. The first-order valence-electron chi connectivity index (χ1n) is 9.46. The number of ketones is 1. The molecule has 3 rings (SSSR count). The van der Waals surface area contributed by atoms with Crippen molar-refractivity contribution in [2.75, 3.05) is 6.54 Å². The van der Waals surface area contributed by atoms with Gasteiger partial charge >= 0.3 is 5.97 Å². The summed E-state index contributed by atoms with van der Waals surface area (Å²) in [6, 6.07) is 15.2. The van der Waals surface area contributed by atoms with E-state index in [1.54, 1.807) is 30.3 Å². The van der Waals surface area contributed by atoms with E-state index in [-0.39, 0.29) is 24.3 Å². The van der Waals surface area contributed by atoms with Gasteiger partial charge in [-0.1, -0.05) is 68.4 Å². The molecule has 1 aliphatic rings. The van der Waals surface area contributed by atoms with E-state index in [9.17, 15) is 19.5 Å². The van der Waals surface area contributed by atoms with E-state index in [1.807, 2.05) is 24.3 Å². The highest BCUT2D eigenvalue weighted by Crippen LogP contribution is 2.39. The predicted molar refractivity (Wildman–Crippen MR) is 108 cm³/mol. The quantitative estimate of drug-likeness (QED) is 0.443. The minimum Gasteiger partial charge on any atom is -0.507 e. The lowest BCUT2D eigenvalue weighted by atomic mass is 9.93. The number of Topliss-reactive ketones (excluding diaryl/α,β-unsaturated/α-hetero) is 1. The third-order valence-corrected chi connectivity index (χ3v) is 5.07. The fourth-order valence-electron chi connectivity index (χ4n) is 3.49. The normalized spacial score (nSPS) is 18.4. The van der Waals surface area contributed by atoms with E-state index >= 15 is 0 Å². The Hall–Kier alpha value is -3.41. The van der Waals surface area contributed by atoms with E-state index in [0.29, 0.717) is 17.0 Å². The second-order valence-corrected chi connectivity index (χ2v) is 7.32. The number of likely N-dealkylation sites (tertiary alicyclic amines) is 1. The van der Waals surface area contributed by atoms with Crippen LogP contribution in [0.4, 0.5) is 0 Å². The van der Waals surface area contributed by atoms with E-state index in [2.05, 4.69) is 13.8 Å². The third kappa shape index (κ3) is 4.06. The van der Waals surface area contributed by atoms with Gasteiger partial charge in [-0.3, -0.25) is 14.4 Å². The monoisotopic (exact) mass is 393 g/mol. The number of amides is 1. The Morgan fingerprint density at radius 3 is 2.17 bits per heavy atom. The maximum Gasteiger partial charge on any atom is 0.305 e. The first-order valence-corrected chi connectivity index (χ1v) is 9.46. The van der Waals surface area contributed by atoms with Crippen LogP contribution in [0.5, 0.6) is 0 Å². The molecule has 150 valence electrons. The lowest BCUT2D eigenvalue weighted by Crippen LogP contribution is -2.31. The highest BCUT2D eigenvalue weighted by Gasteiger charge is 2.46. The van der Waals surface area contributed by atoms with Crippen molar-refractivity contribution in [2.45, 2.75) is 32.2 Å². The highest BCUT2D eigenvalue weighted by atomic mass is 16.4. The van der Waals surface area contributed by atoms with Crippen LogP contribution in [-0.2, 0) is 14.4 Å². The lowest BCUT2D eigenvalue weighted by Gasteiger charge is -2.25. The molecule has 1 heterocycles. The van der Waals surface area contributed by atoms with Gasteiger partial charge < -0.3 is 15.1 Å². The van der Waals surface area contributed by atoms with Crippen molar-refractivity contribution < 1.29 is 24.6 Å². The standard InChI is InChI=1S/C23H23NO5/c1-14(2)15-8-10-16(11-9-15)20-19(21(27)17-6-4-3-5-7-17)22(28)23(29)24(20)13-12-18(25)26/h3-11,14,20,27H,12-13H2,1-2H3,(H,25,26)/b21-19+. The Bertz CT molecular complexity index is 961. The Balaban J connectivity index is 2.13. The van der Waals surface area contributed by atoms with Crippen molar-refractivity contribution in [1.29, 1.82) is 0 Å². The van der Waals surface area contributed by atoms with Gasteiger partial charge in [-0.2, -0.15) is 0 Å². The fraction of sp³-hybridized carbons (Fsp3) is 0.261. The van der Waals surface area contributed by atoms with Crippen molar-refractivity contribution in [1.82, 2.24) is 4.90 Å². The van der Waals surface area contributed by atoms with Crippen molar-refractivity contribution in [3.05, 3.63) is 76.9 Å². The Morgan fingerprint density at radius 1 is 1.00 bits per heavy atom. The number of carbonyl (C=O) groups is 3. The Morgan fingerprint density at radius 2 is 1.62 bits per heavy atom. The van der Waals surface area contributed by atoms with Crippen molar-refractivity contribution in [3.63, 3.8) is 0 Å². The zero-order chi connectivity index (χ0) is 21.1. The number of rotatable bonds is 6. The van der Waals surface area contributed by atoms with Gasteiger partial charge in [-0.25, -0.2) is 0 Å². The predicted octanol–water partition coefficient (Wildman–Crippen LogP) is 3.71. The van der Waals surface area contributed by atoms with Gasteiger partial charge in [0.1, 0.15) is 5.76 Å². The van der Waals surface area contributed by atoms with Crippen LogP contribution in [0.3, 0.4) is 0 Å². The number of carboxylic acids is 1. The van der Waals surface area contributed by atoms with Crippen LogP contribution >= 0.6 is 0 Å². The molecule has 0 aliphatic carbocycles. The molecule has 1 saturated heterocycles. The van der Waals surface area contributed by atoms with Crippen LogP contribution in [0.2, 0.25) is 0 Å². The summed E-state index contributed by atoms with van der Waals surface area (Å²) in [6.45, 7) is 3.99. The number of aliphatic hydroxyl groups is 1. The molecule has 1 fully saturated rings. The van der Waals surface area contributed by atoms with Crippen LogP contribution in [0, 0.1) is 0 Å². The molecule has 1 amide bonds. The number of aliphatic carboxylic acids is 1. The maximum absolute atomic E-state index is 12.8. The Labute approximate surface area is 169 Å². The fourth-order valence-corrected chi connectivity index (χ4v) is 3.49. The zero-order valence-electron chi connectivity index (χ0n) is 16.3. The van der Waals surface area contributed by atoms with E-state index < -0.39 is 23.7 Å². The molecule has 2 aromatic carbocycles. The zero-order valence-corrected chi connectivity index (χ0v) is 16.3. The average molecular weight is 393 g/mol. The number of hydrogen-bond acceptors (Lipinski definition) is 4. The molecule has 1 atom stereocenters. The van der Waals surface area contributed by atoms with Gasteiger partial charge in [0.25, 0.3) is 11.7 Å². The van der Waals surface area contributed by atoms with Crippen molar-refractivity contribution in [3.8, 4) is 0 Å². The maximum atomic E-state index is 12.8. The number of aliphatic hydroxyl groups excluding tert-OH is 1. The van der Waals surface area contributed by atoms with E-state index in [1.165, 1.54) is 4.90 Å². The van der Waals surface area contributed by atoms with E-state index in [4.69, 9.17) is 5.11 Å². The minimum atomic E-state index is -1.07. The average Bonchev–Trinajstić information content (AvgIpc) is 2.97. The van der Waals surface area contributed by atoms with Crippen molar-refractivity contribution in [2.24, 2.45) is 0 Å². The third-order valence-electron chi connectivity index (χ3n) is 5.07. The molecule has 6 heteroatoms. The molecule has 0 aromatic heterocycles. The summed E-state index contributed by atoms with van der Waals surface area (Å²) in [5, 5.41) is 19.9. The van der Waals surface area contributed by atoms with Crippen LogP contribution in [-0.4, -0.2) is 39.3 Å². The summed E-state index contributed by atoms with van der Waals surface area (Å²) in [5.74, 6) is -2.63. The molecule has 2 aromatic rings. The Kier molecular flexibility index (Phi) is 5.82. The topological polar surface area (TPSA) is 94.9 Å². The van der Waals surface area contributed by atoms with Gasteiger partial charge in [0, 0.05) is 12.1 Å². The SMILES string of the molecule is CC(C)c1ccc(C2/C(=C(\O)c3ccccc3)C(=O)C(=O)N2CCC(=O)O)cc1. The van der Waals surface area contributed by atoms with Crippen molar-refractivity contribution >= 4 is 23.4 Å². The number of benzene rings is 2. The summed E-state index contributed by atoms with van der Waals surface area (Å²) >= 11 is 0. The summed E-state index contributed by atoms with van der Waals surface area (Å²) in [6.07, 6.45) is -0.293. The summed E-state index contributed by atoms with van der Waals surface area (Å²) in [4.78, 5) is 37.7. The number of carboxylic acid groups (broad SMARTS) is 1. The number of carbonyl (C=O) groups excluding carboxylic acids is 2. The first-order chi connectivity index (χ1) is 13.8. The smallest absolute Gasteiger partial charge is 0.305 e. The molecule has 2 N–H and O–H groups in total. The van der Waals surface area contributed by atoms with Crippen LogP contribution in [0.15, 0.2) is 60.2 Å². The van der Waals surface area contributed by atoms with Gasteiger partial charge in [-0.05, 0) is 17.0 Å². The number of hydrogen-bond donors (Lipinski definition) is 2. The van der Waals surface area contributed by atoms with Gasteiger partial charge in [0.15, 0.2) is 0 Å². The van der Waals surface area contributed by atoms with Crippen LogP contribution < -0.4 is 0 Å². The molecular weight excluding hydrogens is 370 g/mol. The first kappa shape index (κ1) is 20.3. The summed E-state index contributed by atoms with van der Waals surface area (Å²) < 4.78 is 0. The molecule has 29 heavy (non-hydrogen) atoms. The van der Waals surface area contributed by atoms with Crippen LogP contribution in [0.1, 0.15) is 48.9 Å². The van der Waals surface area contributed by atoms with Gasteiger partial charge in [-0.15, -0.1) is 0 Å². The van der Waals surface area contributed by atoms with Gasteiger partial charge in [0.2, 0.25) is 0 Å².